The Morgan fingerprint density at radius 1 is 1.38 bits per heavy atom. The van der Waals surface area contributed by atoms with Crippen LogP contribution >= 0.6 is 0 Å². The van der Waals surface area contributed by atoms with E-state index in [1.165, 1.54) is 4.90 Å². The lowest BCUT2D eigenvalue weighted by Gasteiger charge is -2.16. The van der Waals surface area contributed by atoms with Gasteiger partial charge in [-0.1, -0.05) is 6.07 Å². The van der Waals surface area contributed by atoms with Gasteiger partial charge in [-0.05, 0) is 25.1 Å². The number of hydrogen-bond donors (Lipinski definition) is 1. The summed E-state index contributed by atoms with van der Waals surface area (Å²) in [6.07, 6.45) is 1.75. The van der Waals surface area contributed by atoms with E-state index in [1.807, 2.05) is 25.1 Å². The Balaban J connectivity index is 2.50. The molecule has 1 atom stereocenters. The number of carbonyl (C=O) groups excluding carboxylic acids is 1. The molecule has 0 unspecified atom stereocenters. The molecule has 0 aliphatic carbocycles. The van der Waals surface area contributed by atoms with Gasteiger partial charge in [0.2, 0.25) is 0 Å². The molecule has 2 N–H and O–H groups in total. The zero-order valence-corrected chi connectivity index (χ0v) is 12.7. The first kappa shape index (κ1) is 15.1. The fraction of sp³-hybridized carbons (Fsp3) is 0.333. The molecule has 2 rings (SSSR count). The van der Waals surface area contributed by atoms with Gasteiger partial charge in [0.1, 0.15) is 5.75 Å². The zero-order chi connectivity index (χ0) is 15.6. The van der Waals surface area contributed by atoms with Crippen LogP contribution < -0.4 is 10.5 Å². The van der Waals surface area contributed by atoms with Gasteiger partial charge in [0.05, 0.1) is 12.8 Å². The Labute approximate surface area is 124 Å². The summed E-state index contributed by atoms with van der Waals surface area (Å²) in [5.74, 6) is 0.567. The van der Waals surface area contributed by atoms with Crippen LogP contribution in [-0.2, 0) is 0 Å². The monoisotopic (exact) mass is 288 g/mol. The van der Waals surface area contributed by atoms with Crippen LogP contribution in [0.1, 0.15) is 29.0 Å². The number of hydrogen-bond acceptors (Lipinski definition) is 4. The van der Waals surface area contributed by atoms with Crippen molar-refractivity contribution >= 4 is 5.91 Å². The van der Waals surface area contributed by atoms with Crippen LogP contribution in [0.2, 0.25) is 0 Å². The first-order valence-electron chi connectivity index (χ1n) is 6.66. The molecule has 0 aliphatic heterocycles. The van der Waals surface area contributed by atoms with Crippen molar-refractivity contribution in [2.24, 2.45) is 5.73 Å². The molecular formula is C15H20N4O2. The third-order valence-corrected chi connectivity index (χ3v) is 3.18. The Kier molecular flexibility index (Phi) is 4.28. The summed E-state index contributed by atoms with van der Waals surface area (Å²) >= 11 is 0. The summed E-state index contributed by atoms with van der Waals surface area (Å²) in [7, 11) is 5.00. The van der Waals surface area contributed by atoms with E-state index in [-0.39, 0.29) is 11.9 Å². The van der Waals surface area contributed by atoms with Crippen LogP contribution in [0.15, 0.2) is 30.5 Å². The van der Waals surface area contributed by atoms with Crippen LogP contribution in [-0.4, -0.2) is 41.8 Å². The highest BCUT2D eigenvalue weighted by molar-refractivity contribution is 5.91. The van der Waals surface area contributed by atoms with Gasteiger partial charge < -0.3 is 15.4 Å². The smallest absolute Gasteiger partial charge is 0.273 e. The average molecular weight is 288 g/mol. The minimum absolute atomic E-state index is 0.140. The fourth-order valence-electron chi connectivity index (χ4n) is 2.17. The first-order chi connectivity index (χ1) is 9.95. The number of rotatable bonds is 4. The number of nitrogens with zero attached hydrogens (tertiary/aromatic N) is 3. The van der Waals surface area contributed by atoms with Gasteiger partial charge in [-0.2, -0.15) is 5.10 Å². The number of carbonyl (C=O) groups is 1. The van der Waals surface area contributed by atoms with E-state index in [2.05, 4.69) is 5.10 Å². The summed E-state index contributed by atoms with van der Waals surface area (Å²) < 4.78 is 7.02. The number of benzene rings is 1. The van der Waals surface area contributed by atoms with E-state index in [0.29, 0.717) is 11.4 Å². The molecule has 6 heteroatoms. The van der Waals surface area contributed by atoms with Gasteiger partial charge in [0.25, 0.3) is 5.91 Å². The minimum Gasteiger partial charge on any atom is -0.496 e. The average Bonchev–Trinajstić information content (AvgIpc) is 2.94. The van der Waals surface area contributed by atoms with Crippen molar-refractivity contribution in [1.29, 1.82) is 0 Å². The summed E-state index contributed by atoms with van der Waals surface area (Å²) in [6, 6.07) is 7.10. The summed E-state index contributed by atoms with van der Waals surface area (Å²) in [6.45, 7) is 1.89. The molecule has 2 aromatic rings. The molecular weight excluding hydrogens is 268 g/mol. The van der Waals surface area contributed by atoms with Gasteiger partial charge >= 0.3 is 0 Å². The van der Waals surface area contributed by atoms with E-state index < -0.39 is 0 Å². The zero-order valence-electron chi connectivity index (χ0n) is 12.7. The number of methoxy groups -OCH3 is 1. The van der Waals surface area contributed by atoms with E-state index in [9.17, 15) is 4.79 Å². The molecule has 0 saturated heterocycles. The van der Waals surface area contributed by atoms with Crippen molar-refractivity contribution in [2.45, 2.75) is 13.0 Å². The van der Waals surface area contributed by atoms with Crippen molar-refractivity contribution in [3.05, 3.63) is 41.7 Å². The molecule has 6 nitrogen and oxygen atoms in total. The number of amides is 1. The van der Waals surface area contributed by atoms with E-state index in [4.69, 9.17) is 10.5 Å². The first-order valence-corrected chi connectivity index (χ1v) is 6.66. The maximum Gasteiger partial charge on any atom is 0.273 e. The summed E-state index contributed by atoms with van der Waals surface area (Å²) in [4.78, 5) is 13.4. The van der Waals surface area contributed by atoms with Gasteiger partial charge in [-0.25, -0.2) is 4.68 Å². The SMILES string of the molecule is COc1cccc(-n2ccc(C(=O)N(C)C)n2)c1[C@H](C)N. The molecule has 0 fully saturated rings. The second-order valence-electron chi connectivity index (χ2n) is 5.03. The number of ether oxygens (including phenoxy) is 1. The van der Waals surface area contributed by atoms with Crippen molar-refractivity contribution in [2.75, 3.05) is 21.2 Å². The lowest BCUT2D eigenvalue weighted by Crippen LogP contribution is -2.22. The third kappa shape index (κ3) is 2.90. The molecule has 1 amide bonds. The predicted molar refractivity (Wildman–Crippen MR) is 80.7 cm³/mol. The van der Waals surface area contributed by atoms with Gasteiger partial charge in [-0.15, -0.1) is 0 Å². The molecule has 0 radical (unpaired) electrons. The third-order valence-electron chi connectivity index (χ3n) is 3.18. The second-order valence-corrected chi connectivity index (χ2v) is 5.03. The largest absolute Gasteiger partial charge is 0.496 e. The highest BCUT2D eigenvalue weighted by Crippen LogP contribution is 2.29. The molecule has 0 spiro atoms. The Morgan fingerprint density at radius 2 is 2.10 bits per heavy atom. The normalized spacial score (nSPS) is 12.0. The Morgan fingerprint density at radius 3 is 2.67 bits per heavy atom. The fourth-order valence-corrected chi connectivity index (χ4v) is 2.17. The lowest BCUT2D eigenvalue weighted by molar-refractivity contribution is 0.0821. The van der Waals surface area contributed by atoms with Crippen LogP contribution in [0.3, 0.4) is 0 Å². The molecule has 112 valence electrons. The molecule has 0 aliphatic rings. The highest BCUT2D eigenvalue weighted by atomic mass is 16.5. The van der Waals surface area contributed by atoms with Crippen molar-refractivity contribution in [3.63, 3.8) is 0 Å². The van der Waals surface area contributed by atoms with E-state index in [0.717, 1.165) is 11.3 Å². The second kappa shape index (κ2) is 5.97. The molecule has 1 aromatic heterocycles. The Bertz CT molecular complexity index is 647. The van der Waals surface area contributed by atoms with Crippen molar-refractivity contribution < 1.29 is 9.53 Å². The van der Waals surface area contributed by atoms with Crippen LogP contribution in [0, 0.1) is 0 Å². The van der Waals surface area contributed by atoms with Gasteiger partial charge in [-0.3, -0.25) is 4.79 Å². The van der Waals surface area contributed by atoms with Crippen molar-refractivity contribution in [1.82, 2.24) is 14.7 Å². The standard InChI is InChI=1S/C15H20N4O2/c1-10(16)14-12(6-5-7-13(14)21-4)19-9-8-11(17-19)15(20)18(2)3/h5-10H,16H2,1-4H3/t10-/m0/s1. The predicted octanol–water partition coefficient (Wildman–Crippen LogP) is 1.60. The van der Waals surface area contributed by atoms with E-state index in [1.54, 1.807) is 38.2 Å². The van der Waals surface area contributed by atoms with Crippen molar-refractivity contribution in [3.8, 4) is 11.4 Å². The van der Waals surface area contributed by atoms with Crippen LogP contribution in [0.5, 0.6) is 5.75 Å². The molecule has 1 aromatic carbocycles. The molecule has 21 heavy (non-hydrogen) atoms. The summed E-state index contributed by atoms with van der Waals surface area (Å²) in [5.41, 5.74) is 8.10. The highest BCUT2D eigenvalue weighted by Gasteiger charge is 2.17. The maximum absolute atomic E-state index is 11.9. The van der Waals surface area contributed by atoms with Gasteiger partial charge in [0.15, 0.2) is 5.69 Å². The van der Waals surface area contributed by atoms with E-state index >= 15 is 0 Å². The van der Waals surface area contributed by atoms with Crippen LogP contribution in [0.4, 0.5) is 0 Å². The summed E-state index contributed by atoms with van der Waals surface area (Å²) in [5, 5.41) is 4.33. The molecule has 1 heterocycles. The quantitative estimate of drug-likeness (QED) is 0.927. The lowest BCUT2D eigenvalue weighted by atomic mass is 10.1. The van der Waals surface area contributed by atoms with Gasteiger partial charge in [0, 0.05) is 31.9 Å². The number of aromatic nitrogens is 2. The topological polar surface area (TPSA) is 73.4 Å². The van der Waals surface area contributed by atoms with Crippen LogP contribution in [0.25, 0.3) is 5.69 Å². The molecule has 0 saturated carbocycles. The number of nitrogens with two attached hydrogens (primary N) is 1. The Hall–Kier alpha value is -2.34. The minimum atomic E-state index is -0.214. The maximum atomic E-state index is 11.9. The molecule has 0 bridgehead atoms.